The lowest BCUT2D eigenvalue weighted by Gasteiger charge is -2.30. The fraction of sp³-hybridized carbons (Fsp3) is 0.667. The predicted molar refractivity (Wildman–Crippen MR) is 128 cm³/mol. The quantitative estimate of drug-likeness (QED) is 0.270. The fourth-order valence-corrected chi connectivity index (χ4v) is 5.61. The molecule has 5 heteroatoms. The van der Waals surface area contributed by atoms with Crippen molar-refractivity contribution in [2.24, 2.45) is 11.8 Å². The lowest BCUT2D eigenvalue weighted by molar-refractivity contribution is -0.137. The molecule has 0 radical (unpaired) electrons. The molecule has 5 atom stereocenters. The molecule has 0 aromatic heterocycles. The van der Waals surface area contributed by atoms with Crippen molar-refractivity contribution in [1.82, 2.24) is 5.32 Å². The Balaban J connectivity index is 1.43. The number of ether oxygens (including phenoxy) is 1. The number of hydrogen-bond acceptors (Lipinski definition) is 4. The van der Waals surface area contributed by atoms with E-state index in [4.69, 9.17) is 9.84 Å². The van der Waals surface area contributed by atoms with Crippen molar-refractivity contribution in [3.63, 3.8) is 0 Å². The molecule has 2 aliphatic heterocycles. The Kier molecular flexibility index (Phi) is 9.76. The summed E-state index contributed by atoms with van der Waals surface area (Å²) in [4.78, 5) is 10.6. The van der Waals surface area contributed by atoms with Crippen LogP contribution in [0.2, 0.25) is 0 Å². The lowest BCUT2D eigenvalue weighted by Crippen LogP contribution is -2.43. The van der Waals surface area contributed by atoms with E-state index in [1.54, 1.807) is 0 Å². The topological polar surface area (TPSA) is 78.8 Å². The summed E-state index contributed by atoms with van der Waals surface area (Å²) in [5.41, 5.74) is 0.473. The first kappa shape index (κ1) is 24.9. The highest BCUT2D eigenvalue weighted by Crippen LogP contribution is 2.46. The first-order valence-electron chi connectivity index (χ1n) is 12.5. The number of carbonyl (C=O) groups is 1. The molecular weight excluding hydrogens is 402 g/mol. The van der Waals surface area contributed by atoms with Crippen molar-refractivity contribution in [3.05, 3.63) is 48.0 Å². The Morgan fingerprint density at radius 2 is 1.94 bits per heavy atom. The molecule has 178 valence electrons. The van der Waals surface area contributed by atoms with Gasteiger partial charge in [0.1, 0.15) is 0 Å². The highest BCUT2D eigenvalue weighted by molar-refractivity contribution is 5.66. The molecule has 32 heavy (non-hydrogen) atoms. The van der Waals surface area contributed by atoms with Gasteiger partial charge in [0, 0.05) is 19.4 Å². The van der Waals surface area contributed by atoms with Crippen molar-refractivity contribution < 1.29 is 19.7 Å². The van der Waals surface area contributed by atoms with E-state index in [0.717, 1.165) is 38.6 Å². The van der Waals surface area contributed by atoms with Gasteiger partial charge in [-0.15, -0.1) is 0 Å². The summed E-state index contributed by atoms with van der Waals surface area (Å²) in [5.74, 6) is 0.408. The van der Waals surface area contributed by atoms with Crippen LogP contribution in [0.25, 0.3) is 0 Å². The summed E-state index contributed by atoms with van der Waals surface area (Å²) >= 11 is 0. The first-order chi connectivity index (χ1) is 15.5. The van der Waals surface area contributed by atoms with Crippen molar-refractivity contribution in [3.8, 4) is 0 Å². The molecule has 5 nitrogen and oxygen atoms in total. The van der Waals surface area contributed by atoms with E-state index >= 15 is 0 Å². The van der Waals surface area contributed by atoms with Gasteiger partial charge in [-0.25, -0.2) is 0 Å². The van der Waals surface area contributed by atoms with Crippen LogP contribution in [0.4, 0.5) is 0 Å². The Hall–Kier alpha value is -1.69. The number of unbranched alkanes of at least 4 members (excludes halogenated alkanes) is 1. The molecule has 3 N–H and O–H groups in total. The minimum absolute atomic E-state index is 0.241. The van der Waals surface area contributed by atoms with Gasteiger partial charge in [0.2, 0.25) is 0 Å². The van der Waals surface area contributed by atoms with Crippen LogP contribution in [0, 0.1) is 11.8 Å². The Morgan fingerprint density at radius 1 is 1.19 bits per heavy atom. The summed E-state index contributed by atoms with van der Waals surface area (Å²) in [6, 6.07) is 10.3. The number of hydrogen-bond donors (Lipinski definition) is 3. The number of nitrogens with one attached hydrogen (secondary N) is 1. The zero-order valence-electron chi connectivity index (χ0n) is 19.5. The molecule has 0 saturated carbocycles. The number of aliphatic carboxylic acids is 1. The van der Waals surface area contributed by atoms with Crippen molar-refractivity contribution >= 4 is 5.97 Å². The summed E-state index contributed by atoms with van der Waals surface area (Å²) < 4.78 is 6.23. The van der Waals surface area contributed by atoms with Crippen LogP contribution in [0.15, 0.2) is 42.5 Å². The second-order valence-corrected chi connectivity index (χ2v) is 9.71. The van der Waals surface area contributed by atoms with Gasteiger partial charge in [0.25, 0.3) is 0 Å². The van der Waals surface area contributed by atoms with Crippen LogP contribution in [0.1, 0.15) is 70.3 Å². The predicted octanol–water partition coefficient (Wildman–Crippen LogP) is 4.73. The van der Waals surface area contributed by atoms with E-state index < -0.39 is 11.6 Å². The van der Waals surface area contributed by atoms with E-state index in [1.165, 1.54) is 18.4 Å². The van der Waals surface area contributed by atoms with Gasteiger partial charge in [0.05, 0.1) is 17.8 Å². The van der Waals surface area contributed by atoms with Gasteiger partial charge in [-0.3, -0.25) is 4.79 Å². The molecule has 3 rings (SSSR count). The average Bonchev–Trinajstić information content (AvgIpc) is 3.36. The van der Waals surface area contributed by atoms with Gasteiger partial charge in [-0.2, -0.15) is 0 Å². The summed E-state index contributed by atoms with van der Waals surface area (Å²) in [6.45, 7) is 3.64. The van der Waals surface area contributed by atoms with Gasteiger partial charge >= 0.3 is 5.97 Å². The van der Waals surface area contributed by atoms with Crippen molar-refractivity contribution in [2.75, 3.05) is 13.1 Å². The average molecular weight is 444 g/mol. The number of fused-ring (bicyclic) bond motifs is 2. The highest BCUT2D eigenvalue weighted by Gasteiger charge is 2.47. The van der Waals surface area contributed by atoms with E-state index in [-0.39, 0.29) is 6.42 Å². The largest absolute Gasteiger partial charge is 0.481 e. The Labute approximate surface area is 193 Å². The molecule has 2 heterocycles. The normalized spacial score (nSPS) is 26.6. The summed E-state index contributed by atoms with van der Waals surface area (Å²) in [6.07, 6.45) is 13.8. The molecule has 2 aliphatic rings. The molecule has 0 amide bonds. The van der Waals surface area contributed by atoms with Crippen LogP contribution in [-0.4, -0.2) is 47.1 Å². The molecule has 1 aromatic rings. The Bertz CT molecular complexity index is 722. The second-order valence-electron chi connectivity index (χ2n) is 9.71. The van der Waals surface area contributed by atoms with E-state index in [1.807, 2.05) is 18.2 Å². The van der Waals surface area contributed by atoms with Gasteiger partial charge in [-0.1, -0.05) is 55.8 Å². The SMILES string of the molecule is CCCC(O)(CNCC[C@@H]1[C@@H](C/C=C\CCCC(=O)O)[C@H]2CC[C@@H]1O2)Cc1ccccc1. The van der Waals surface area contributed by atoms with E-state index in [9.17, 15) is 9.90 Å². The molecule has 2 fully saturated rings. The van der Waals surface area contributed by atoms with Crippen LogP contribution in [-0.2, 0) is 16.0 Å². The molecule has 1 aromatic carbocycles. The number of rotatable bonds is 15. The number of allylic oxidation sites excluding steroid dienone is 2. The number of aliphatic hydroxyl groups is 1. The second kappa shape index (κ2) is 12.5. The minimum Gasteiger partial charge on any atom is -0.481 e. The van der Waals surface area contributed by atoms with Gasteiger partial charge in [0.15, 0.2) is 0 Å². The number of carboxylic acid groups (broad SMARTS) is 1. The molecule has 2 saturated heterocycles. The van der Waals surface area contributed by atoms with Crippen LogP contribution in [0.5, 0.6) is 0 Å². The maximum absolute atomic E-state index is 11.2. The fourth-order valence-electron chi connectivity index (χ4n) is 5.61. The summed E-state index contributed by atoms with van der Waals surface area (Å²) in [7, 11) is 0. The third kappa shape index (κ3) is 7.43. The van der Waals surface area contributed by atoms with Crippen molar-refractivity contribution in [2.45, 2.75) is 88.9 Å². The number of benzene rings is 1. The zero-order valence-corrected chi connectivity index (χ0v) is 19.5. The molecule has 2 bridgehead atoms. The van der Waals surface area contributed by atoms with Gasteiger partial charge < -0.3 is 20.3 Å². The molecule has 1 unspecified atom stereocenters. The lowest BCUT2D eigenvalue weighted by atomic mass is 9.76. The van der Waals surface area contributed by atoms with E-state index in [2.05, 4.69) is 36.5 Å². The maximum Gasteiger partial charge on any atom is 0.303 e. The smallest absolute Gasteiger partial charge is 0.303 e. The maximum atomic E-state index is 11.2. The van der Waals surface area contributed by atoms with E-state index in [0.29, 0.717) is 43.4 Å². The Morgan fingerprint density at radius 3 is 2.66 bits per heavy atom. The molecule has 0 spiro atoms. The minimum atomic E-state index is -0.720. The monoisotopic (exact) mass is 443 g/mol. The standard InChI is InChI=1S/C27H41NO4/c1-2-17-27(31,19-21-10-6-5-7-11-21)20-28-18-16-23-22(24-14-15-25(23)32-24)12-8-3-4-9-13-26(29)30/h3,5-8,10-11,22-25,28,31H,2,4,9,12-20H2,1H3,(H,29,30)/b8-3-/t22-,23-,24-,25+,27?/m1/s1. The van der Waals surface area contributed by atoms with Crippen LogP contribution in [0.3, 0.4) is 0 Å². The molecular formula is C27H41NO4. The third-order valence-electron chi connectivity index (χ3n) is 7.13. The van der Waals surface area contributed by atoms with Gasteiger partial charge in [-0.05, 0) is 68.9 Å². The number of carboxylic acids is 1. The van der Waals surface area contributed by atoms with Crippen LogP contribution >= 0.6 is 0 Å². The molecule has 0 aliphatic carbocycles. The first-order valence-corrected chi connectivity index (χ1v) is 12.5. The van der Waals surface area contributed by atoms with Crippen molar-refractivity contribution in [1.29, 1.82) is 0 Å². The zero-order chi connectivity index (χ0) is 22.8. The highest BCUT2D eigenvalue weighted by atomic mass is 16.5. The summed E-state index contributed by atoms with van der Waals surface area (Å²) in [5, 5.41) is 23.5. The third-order valence-corrected chi connectivity index (χ3v) is 7.13. The van der Waals surface area contributed by atoms with Crippen LogP contribution < -0.4 is 5.32 Å².